The van der Waals surface area contributed by atoms with Gasteiger partial charge >= 0.3 is 29.6 Å². The van der Waals surface area contributed by atoms with Crippen molar-refractivity contribution in [1.82, 2.24) is 5.32 Å². The van der Waals surface area contributed by atoms with E-state index in [9.17, 15) is 4.79 Å². The molecule has 3 N–H and O–H groups in total. The van der Waals surface area contributed by atoms with E-state index >= 15 is 0 Å². The second-order valence-corrected chi connectivity index (χ2v) is 1.39. The molecule has 4 heteroatoms. The third-order valence-corrected chi connectivity index (χ3v) is 0.588. The van der Waals surface area contributed by atoms with E-state index in [4.69, 9.17) is 5.73 Å². The van der Waals surface area contributed by atoms with E-state index in [1.807, 2.05) is 0 Å². The van der Waals surface area contributed by atoms with Gasteiger partial charge in [0, 0.05) is 6.54 Å². The molecule has 0 heterocycles. The van der Waals surface area contributed by atoms with Crippen molar-refractivity contribution in [2.75, 3.05) is 13.1 Å². The molecule has 48 valence electrons. The number of carbonyl (C=O) groups is 1. The topological polar surface area (TPSA) is 55.1 Å². The van der Waals surface area contributed by atoms with Gasteiger partial charge in [-0.25, -0.2) is 0 Å². The first-order valence-electron chi connectivity index (χ1n) is 2.37. The van der Waals surface area contributed by atoms with Gasteiger partial charge < -0.3 is 11.1 Å². The zero-order valence-electron chi connectivity index (χ0n) is 4.68. The number of nitrogens with one attached hydrogen (secondary N) is 1. The van der Waals surface area contributed by atoms with Crippen LogP contribution >= 0.6 is 0 Å². The van der Waals surface area contributed by atoms with Crippen LogP contribution in [0.1, 0.15) is 0 Å². The average molecular weight is 138 g/mol. The first-order valence-corrected chi connectivity index (χ1v) is 2.37. The predicted molar refractivity (Wildman–Crippen MR) is 39.4 cm³/mol. The standard InChI is InChI=1S/C5H10N2O.Na.H/c1-2-3-7-4-5(6)8;;/h2,7H,1,3-4H2,(H2,6,8);;. The number of hydrogen-bond acceptors (Lipinski definition) is 2. The van der Waals surface area contributed by atoms with Gasteiger partial charge in [-0.15, -0.1) is 6.58 Å². The van der Waals surface area contributed by atoms with Crippen molar-refractivity contribution in [3.63, 3.8) is 0 Å². The van der Waals surface area contributed by atoms with Crippen molar-refractivity contribution in [3.05, 3.63) is 12.7 Å². The fourth-order valence-electron chi connectivity index (χ4n) is 0.297. The van der Waals surface area contributed by atoms with Crippen LogP contribution in [-0.2, 0) is 4.79 Å². The van der Waals surface area contributed by atoms with Crippen LogP contribution in [0.25, 0.3) is 0 Å². The number of carbonyl (C=O) groups excluding carboxylic acids is 1. The first kappa shape index (κ1) is 11.9. The predicted octanol–water partition coefficient (Wildman–Crippen LogP) is -1.40. The normalized spacial score (nSPS) is 7.56. The van der Waals surface area contributed by atoms with Crippen molar-refractivity contribution >= 4 is 35.5 Å². The number of hydrogen-bond donors (Lipinski definition) is 2. The van der Waals surface area contributed by atoms with Crippen molar-refractivity contribution in [2.45, 2.75) is 0 Å². The van der Waals surface area contributed by atoms with Gasteiger partial charge in [-0.05, 0) is 0 Å². The molecule has 0 unspecified atom stereocenters. The molecular weight excluding hydrogens is 127 g/mol. The number of nitrogens with two attached hydrogens (primary N) is 1. The zero-order valence-corrected chi connectivity index (χ0v) is 4.68. The van der Waals surface area contributed by atoms with Gasteiger partial charge in [0.05, 0.1) is 6.54 Å². The molecule has 0 radical (unpaired) electrons. The van der Waals surface area contributed by atoms with Crippen LogP contribution in [0.4, 0.5) is 0 Å². The molecule has 0 aliphatic heterocycles. The molecule has 0 bridgehead atoms. The van der Waals surface area contributed by atoms with Gasteiger partial charge in [0.2, 0.25) is 5.91 Å². The Morgan fingerprint density at radius 3 is 2.67 bits per heavy atom. The van der Waals surface area contributed by atoms with Crippen molar-refractivity contribution in [2.24, 2.45) is 5.73 Å². The Morgan fingerprint density at radius 1 is 1.78 bits per heavy atom. The van der Waals surface area contributed by atoms with Crippen LogP contribution in [-0.4, -0.2) is 48.6 Å². The van der Waals surface area contributed by atoms with Crippen LogP contribution in [0.3, 0.4) is 0 Å². The zero-order chi connectivity index (χ0) is 6.41. The summed E-state index contributed by atoms with van der Waals surface area (Å²) in [5, 5.41) is 2.74. The fourth-order valence-corrected chi connectivity index (χ4v) is 0.297. The van der Waals surface area contributed by atoms with Gasteiger partial charge in [0.15, 0.2) is 0 Å². The van der Waals surface area contributed by atoms with Gasteiger partial charge in [0.25, 0.3) is 0 Å². The maximum atomic E-state index is 10.00. The summed E-state index contributed by atoms with van der Waals surface area (Å²) in [6.07, 6.45) is 1.67. The Labute approximate surface area is 77.0 Å². The molecule has 0 atom stereocenters. The summed E-state index contributed by atoms with van der Waals surface area (Å²) in [5.41, 5.74) is 4.80. The van der Waals surface area contributed by atoms with Gasteiger partial charge in [-0.2, -0.15) is 0 Å². The minimum atomic E-state index is -0.341. The molecule has 0 aromatic carbocycles. The number of rotatable bonds is 4. The SMILES string of the molecule is C=CCNCC(N)=O.[NaH]. The molecule has 0 aliphatic rings. The van der Waals surface area contributed by atoms with Crippen LogP contribution in [0.2, 0.25) is 0 Å². The summed E-state index contributed by atoms with van der Waals surface area (Å²) in [7, 11) is 0. The van der Waals surface area contributed by atoms with Crippen molar-refractivity contribution in [3.8, 4) is 0 Å². The Kier molecular flexibility index (Phi) is 10.8. The van der Waals surface area contributed by atoms with Gasteiger partial charge in [-0.3, -0.25) is 4.79 Å². The summed E-state index contributed by atoms with van der Waals surface area (Å²) < 4.78 is 0. The molecule has 0 saturated heterocycles. The quantitative estimate of drug-likeness (QED) is 0.285. The van der Waals surface area contributed by atoms with E-state index < -0.39 is 0 Å². The minimum absolute atomic E-state index is 0. The Hall–Kier alpha value is 0.170. The molecule has 0 aromatic heterocycles. The molecule has 3 nitrogen and oxygen atoms in total. The monoisotopic (exact) mass is 138 g/mol. The molecular formula is C5H11N2NaO. The van der Waals surface area contributed by atoms with Crippen molar-refractivity contribution in [1.29, 1.82) is 0 Å². The second-order valence-electron chi connectivity index (χ2n) is 1.39. The fraction of sp³-hybridized carbons (Fsp3) is 0.400. The van der Waals surface area contributed by atoms with E-state index in [-0.39, 0.29) is 42.0 Å². The number of amides is 1. The van der Waals surface area contributed by atoms with Crippen LogP contribution in [0.15, 0.2) is 12.7 Å². The first-order chi connectivity index (χ1) is 3.77. The third-order valence-electron chi connectivity index (χ3n) is 0.588. The van der Waals surface area contributed by atoms with Crippen LogP contribution < -0.4 is 11.1 Å². The molecule has 9 heavy (non-hydrogen) atoms. The second kappa shape index (κ2) is 8.17. The number of primary amides is 1. The molecule has 0 aliphatic carbocycles. The summed E-state index contributed by atoms with van der Waals surface area (Å²) in [6.45, 7) is 4.30. The average Bonchev–Trinajstić information content (AvgIpc) is 1.66. The summed E-state index contributed by atoms with van der Waals surface area (Å²) in [5.74, 6) is -0.341. The van der Waals surface area contributed by atoms with E-state index in [2.05, 4.69) is 11.9 Å². The third kappa shape index (κ3) is 11.6. The Morgan fingerprint density at radius 2 is 2.33 bits per heavy atom. The molecule has 0 aromatic rings. The maximum absolute atomic E-state index is 10.00. The van der Waals surface area contributed by atoms with Gasteiger partial charge in [0.1, 0.15) is 0 Å². The Balaban J connectivity index is 0. The molecule has 1 amide bonds. The summed E-state index contributed by atoms with van der Waals surface area (Å²) in [4.78, 5) is 10.00. The van der Waals surface area contributed by atoms with E-state index in [0.29, 0.717) is 6.54 Å². The van der Waals surface area contributed by atoms with Crippen LogP contribution in [0, 0.1) is 0 Å². The van der Waals surface area contributed by atoms with Gasteiger partial charge in [-0.1, -0.05) is 6.08 Å². The van der Waals surface area contributed by atoms with E-state index in [1.54, 1.807) is 6.08 Å². The van der Waals surface area contributed by atoms with Crippen LogP contribution in [0.5, 0.6) is 0 Å². The summed E-state index contributed by atoms with van der Waals surface area (Å²) >= 11 is 0. The van der Waals surface area contributed by atoms with E-state index in [1.165, 1.54) is 0 Å². The molecule has 0 fully saturated rings. The van der Waals surface area contributed by atoms with Crippen molar-refractivity contribution < 1.29 is 4.79 Å². The molecule has 0 spiro atoms. The Bertz CT molecular complexity index is 95.0. The molecule has 0 rings (SSSR count). The summed E-state index contributed by atoms with van der Waals surface area (Å²) in [6, 6.07) is 0. The van der Waals surface area contributed by atoms with E-state index in [0.717, 1.165) is 0 Å². The molecule has 0 saturated carbocycles.